The third kappa shape index (κ3) is 3.51. The number of ether oxygens (including phenoxy) is 2. The fourth-order valence-electron chi connectivity index (χ4n) is 2.29. The third-order valence-corrected chi connectivity index (χ3v) is 4.28. The average molecular weight is 305 g/mol. The van der Waals surface area contributed by atoms with Gasteiger partial charge >= 0.3 is 0 Å². The van der Waals surface area contributed by atoms with Gasteiger partial charge in [-0.3, -0.25) is 0 Å². The minimum absolute atomic E-state index is 0.251. The van der Waals surface area contributed by atoms with Crippen LogP contribution in [0.25, 0.3) is 0 Å². The minimum atomic E-state index is 0.251. The van der Waals surface area contributed by atoms with Crippen LogP contribution in [0.4, 0.5) is 0 Å². The van der Waals surface area contributed by atoms with Crippen molar-refractivity contribution in [1.82, 2.24) is 15.3 Å². The lowest BCUT2D eigenvalue weighted by atomic mass is 10.1. The number of hydrogen-bond acceptors (Lipinski definition) is 5. The molecule has 0 saturated heterocycles. The molecule has 0 fully saturated rings. The fraction of sp³-hybridized carbons (Fsp3) is 0.400. The van der Waals surface area contributed by atoms with Crippen molar-refractivity contribution in [3.05, 3.63) is 36.2 Å². The van der Waals surface area contributed by atoms with E-state index < -0.39 is 0 Å². The van der Waals surface area contributed by atoms with Crippen LogP contribution in [-0.4, -0.2) is 35.5 Å². The molecule has 6 heteroatoms. The second-order valence-corrected chi connectivity index (χ2v) is 5.73. The zero-order chi connectivity index (χ0) is 14.5. The van der Waals surface area contributed by atoms with Crippen LogP contribution in [0.15, 0.2) is 35.7 Å². The summed E-state index contributed by atoms with van der Waals surface area (Å²) in [6.45, 7) is 4.27. The van der Waals surface area contributed by atoms with Gasteiger partial charge in [0.05, 0.1) is 0 Å². The first kappa shape index (κ1) is 14.3. The maximum absolute atomic E-state index is 5.66. The van der Waals surface area contributed by atoms with Crippen LogP contribution in [0.3, 0.4) is 0 Å². The molecular weight excluding hydrogens is 286 g/mol. The molecule has 0 aliphatic carbocycles. The first-order valence-corrected chi connectivity index (χ1v) is 8.10. The highest BCUT2D eigenvalue weighted by molar-refractivity contribution is 7.99. The normalized spacial score (nSPS) is 14.9. The van der Waals surface area contributed by atoms with Crippen molar-refractivity contribution in [1.29, 1.82) is 0 Å². The van der Waals surface area contributed by atoms with Crippen molar-refractivity contribution in [2.24, 2.45) is 0 Å². The van der Waals surface area contributed by atoms with Gasteiger partial charge in [0.1, 0.15) is 13.2 Å². The Morgan fingerprint density at radius 1 is 1.33 bits per heavy atom. The number of fused-ring (bicyclic) bond motifs is 1. The third-order valence-electron chi connectivity index (χ3n) is 3.28. The van der Waals surface area contributed by atoms with Gasteiger partial charge in [0.2, 0.25) is 0 Å². The molecule has 1 atom stereocenters. The van der Waals surface area contributed by atoms with Crippen LogP contribution < -0.4 is 14.8 Å². The number of benzene rings is 1. The molecule has 1 aliphatic rings. The minimum Gasteiger partial charge on any atom is -0.486 e. The smallest absolute Gasteiger partial charge is 0.165 e. The van der Waals surface area contributed by atoms with Crippen molar-refractivity contribution < 1.29 is 9.47 Å². The second kappa shape index (κ2) is 6.87. The molecule has 0 spiro atoms. The highest BCUT2D eigenvalue weighted by Crippen LogP contribution is 2.33. The van der Waals surface area contributed by atoms with Crippen molar-refractivity contribution in [3.63, 3.8) is 0 Å². The Kier molecular flexibility index (Phi) is 4.67. The molecule has 2 N–H and O–H groups in total. The molecule has 0 amide bonds. The fourth-order valence-corrected chi connectivity index (χ4v) is 3.21. The molecule has 21 heavy (non-hydrogen) atoms. The Morgan fingerprint density at radius 3 is 2.95 bits per heavy atom. The Hall–Kier alpha value is -1.66. The van der Waals surface area contributed by atoms with E-state index in [0.29, 0.717) is 13.2 Å². The summed E-state index contributed by atoms with van der Waals surface area (Å²) < 4.78 is 11.2. The molecule has 0 radical (unpaired) electrons. The van der Waals surface area contributed by atoms with Gasteiger partial charge in [0.15, 0.2) is 16.7 Å². The molecule has 2 aromatic rings. The predicted octanol–water partition coefficient (Wildman–Crippen LogP) is 2.62. The number of aromatic nitrogens is 2. The number of nitrogens with one attached hydrogen (secondary N) is 2. The van der Waals surface area contributed by atoms with Crippen LogP contribution in [0.5, 0.6) is 11.5 Å². The first-order valence-electron chi connectivity index (χ1n) is 7.12. The number of hydrogen-bond donors (Lipinski definition) is 2. The lowest BCUT2D eigenvalue weighted by Crippen LogP contribution is -2.23. The lowest BCUT2D eigenvalue weighted by molar-refractivity contribution is 0.171. The molecular formula is C15H19N3O2S. The summed E-state index contributed by atoms with van der Waals surface area (Å²) in [4.78, 5) is 7.36. The topological polar surface area (TPSA) is 59.2 Å². The van der Waals surface area contributed by atoms with Crippen LogP contribution in [0.1, 0.15) is 18.5 Å². The van der Waals surface area contributed by atoms with E-state index in [9.17, 15) is 0 Å². The van der Waals surface area contributed by atoms with E-state index >= 15 is 0 Å². The Balaban J connectivity index is 1.73. The van der Waals surface area contributed by atoms with E-state index in [1.165, 1.54) is 5.56 Å². The first-order chi connectivity index (χ1) is 10.4. The van der Waals surface area contributed by atoms with Crippen molar-refractivity contribution in [2.45, 2.75) is 18.1 Å². The number of aromatic amines is 1. The molecule has 1 aromatic carbocycles. The Bertz CT molecular complexity index is 574. The molecule has 112 valence electrons. The maximum atomic E-state index is 5.66. The number of rotatable bonds is 6. The van der Waals surface area contributed by atoms with Gasteiger partial charge in [-0.1, -0.05) is 24.8 Å². The molecule has 2 heterocycles. The molecule has 0 bridgehead atoms. The van der Waals surface area contributed by atoms with Crippen molar-refractivity contribution >= 4 is 11.8 Å². The van der Waals surface area contributed by atoms with Crippen LogP contribution in [0, 0.1) is 0 Å². The number of imidazole rings is 1. The number of H-pyrrole nitrogens is 1. The standard InChI is InChI=1S/C15H19N3O2S/c1-2-16-12(10-21-15-17-5-6-18-15)11-3-4-13-14(9-11)20-8-7-19-13/h3-6,9,12,16H,2,7-8,10H2,1H3,(H,17,18). The molecule has 3 rings (SSSR count). The van der Waals surface area contributed by atoms with Crippen LogP contribution in [-0.2, 0) is 0 Å². The molecule has 1 aromatic heterocycles. The van der Waals surface area contributed by atoms with Gasteiger partial charge in [0.25, 0.3) is 0 Å². The zero-order valence-corrected chi connectivity index (χ0v) is 12.8. The lowest BCUT2D eigenvalue weighted by Gasteiger charge is -2.22. The molecule has 0 saturated carbocycles. The molecule has 1 unspecified atom stereocenters. The van der Waals surface area contributed by atoms with Crippen LogP contribution >= 0.6 is 11.8 Å². The van der Waals surface area contributed by atoms with Gasteiger partial charge in [-0.05, 0) is 24.2 Å². The van der Waals surface area contributed by atoms with E-state index in [4.69, 9.17) is 9.47 Å². The van der Waals surface area contributed by atoms with E-state index in [2.05, 4.69) is 34.3 Å². The zero-order valence-electron chi connectivity index (χ0n) is 12.0. The summed E-state index contributed by atoms with van der Waals surface area (Å²) in [5, 5.41) is 4.45. The SMILES string of the molecule is CCNC(CSc1ncc[nH]1)c1ccc2c(c1)OCCO2. The van der Waals surface area contributed by atoms with E-state index in [1.54, 1.807) is 18.0 Å². The molecule has 5 nitrogen and oxygen atoms in total. The number of nitrogens with zero attached hydrogens (tertiary/aromatic N) is 1. The monoisotopic (exact) mass is 305 g/mol. The highest BCUT2D eigenvalue weighted by Gasteiger charge is 2.17. The van der Waals surface area contributed by atoms with Gasteiger partial charge in [-0.25, -0.2) is 4.98 Å². The summed E-state index contributed by atoms with van der Waals surface area (Å²) in [7, 11) is 0. The summed E-state index contributed by atoms with van der Waals surface area (Å²) in [6, 6.07) is 6.42. The van der Waals surface area contributed by atoms with Gasteiger partial charge in [-0.15, -0.1) is 0 Å². The van der Waals surface area contributed by atoms with Crippen LogP contribution in [0.2, 0.25) is 0 Å². The van der Waals surface area contributed by atoms with Gasteiger partial charge < -0.3 is 19.8 Å². The van der Waals surface area contributed by atoms with E-state index in [0.717, 1.165) is 29.0 Å². The second-order valence-electron chi connectivity index (χ2n) is 4.72. The van der Waals surface area contributed by atoms with Gasteiger partial charge in [-0.2, -0.15) is 0 Å². The summed E-state index contributed by atoms with van der Waals surface area (Å²) >= 11 is 1.71. The predicted molar refractivity (Wildman–Crippen MR) is 83.2 cm³/mol. The average Bonchev–Trinajstić information content (AvgIpc) is 3.04. The van der Waals surface area contributed by atoms with Crippen molar-refractivity contribution in [2.75, 3.05) is 25.5 Å². The summed E-state index contributed by atoms with van der Waals surface area (Å²) in [5.41, 5.74) is 1.21. The van der Waals surface area contributed by atoms with Crippen molar-refractivity contribution in [3.8, 4) is 11.5 Å². The summed E-state index contributed by atoms with van der Waals surface area (Å²) in [6.07, 6.45) is 3.61. The van der Waals surface area contributed by atoms with E-state index in [1.807, 2.05) is 12.3 Å². The maximum Gasteiger partial charge on any atom is 0.165 e. The summed E-state index contributed by atoms with van der Waals surface area (Å²) in [5.74, 6) is 2.57. The largest absolute Gasteiger partial charge is 0.486 e. The highest BCUT2D eigenvalue weighted by atomic mass is 32.2. The quantitative estimate of drug-likeness (QED) is 0.804. The Labute approximate surface area is 128 Å². The molecule has 1 aliphatic heterocycles. The Morgan fingerprint density at radius 2 is 2.19 bits per heavy atom. The number of thioether (sulfide) groups is 1. The van der Waals surface area contributed by atoms with E-state index in [-0.39, 0.29) is 6.04 Å². The van der Waals surface area contributed by atoms with Gasteiger partial charge in [0, 0.05) is 24.2 Å².